The molecule has 2 rings (SSSR count). The summed E-state index contributed by atoms with van der Waals surface area (Å²) in [5.41, 5.74) is -0.713. The molecule has 0 aliphatic heterocycles. The van der Waals surface area contributed by atoms with Gasteiger partial charge in [-0.2, -0.15) is 0 Å². The normalized spacial score (nSPS) is 22.6. The van der Waals surface area contributed by atoms with Crippen molar-refractivity contribution in [2.45, 2.75) is 70.6 Å². The minimum Gasteiger partial charge on any atom is -0.481 e. The number of carbonyl (C=O) groups excluding carboxylic acids is 1. The van der Waals surface area contributed by atoms with E-state index in [0.29, 0.717) is 0 Å². The Morgan fingerprint density at radius 3 is 1.60 bits per heavy atom. The van der Waals surface area contributed by atoms with Gasteiger partial charge in [-0.05, 0) is 37.5 Å². The maximum Gasteiger partial charge on any atom is 0.304 e. The van der Waals surface area contributed by atoms with Crippen LogP contribution in [0.25, 0.3) is 0 Å². The van der Waals surface area contributed by atoms with Crippen molar-refractivity contribution >= 4 is 23.7 Å². The molecular weight excluding hydrogens is 272 g/mol. The second-order valence-electron chi connectivity index (χ2n) is 6.59. The molecule has 0 aromatic heterocycles. The third-order valence-electron chi connectivity index (χ3n) is 5.51. The van der Waals surface area contributed by atoms with Gasteiger partial charge >= 0.3 is 5.97 Å². The molecule has 0 aromatic carbocycles. The third kappa shape index (κ3) is 3.21. The molecule has 4 heteroatoms. The summed E-state index contributed by atoms with van der Waals surface area (Å²) in [6.45, 7) is 0. The summed E-state index contributed by atoms with van der Waals surface area (Å²) in [7, 11) is 0. The van der Waals surface area contributed by atoms with Crippen LogP contribution in [-0.4, -0.2) is 16.2 Å². The minimum absolute atomic E-state index is 0.0231. The monoisotopic (exact) mass is 298 g/mol. The van der Waals surface area contributed by atoms with Crippen LogP contribution in [-0.2, 0) is 9.59 Å². The zero-order valence-corrected chi connectivity index (χ0v) is 13.0. The molecule has 0 atom stereocenters. The highest BCUT2D eigenvalue weighted by Crippen LogP contribution is 2.52. The van der Waals surface area contributed by atoms with E-state index in [1.54, 1.807) is 0 Å². The fourth-order valence-corrected chi connectivity index (χ4v) is 4.98. The smallest absolute Gasteiger partial charge is 0.304 e. The summed E-state index contributed by atoms with van der Waals surface area (Å²) in [5, 5.41) is 9.21. The summed E-state index contributed by atoms with van der Waals surface area (Å²) in [6.07, 6.45) is 10.9. The highest BCUT2D eigenvalue weighted by molar-refractivity contribution is 7.96. The number of carboxylic acid groups (broad SMARTS) is 1. The molecule has 20 heavy (non-hydrogen) atoms. The molecule has 2 saturated carbocycles. The first-order valence-corrected chi connectivity index (χ1v) is 8.47. The maximum absolute atomic E-state index is 12.4. The van der Waals surface area contributed by atoms with E-state index in [9.17, 15) is 14.7 Å². The van der Waals surface area contributed by atoms with Crippen molar-refractivity contribution in [3.63, 3.8) is 0 Å². The van der Waals surface area contributed by atoms with Crippen LogP contribution in [0, 0.1) is 17.3 Å². The Hall–Kier alpha value is -0.510. The van der Waals surface area contributed by atoms with E-state index in [1.807, 2.05) is 0 Å². The topological polar surface area (TPSA) is 54.4 Å². The average Bonchev–Trinajstić information content (AvgIpc) is 2.46. The average molecular weight is 298 g/mol. The molecule has 1 N–H and O–H groups in total. The summed E-state index contributed by atoms with van der Waals surface area (Å²) in [6, 6.07) is 0. The van der Waals surface area contributed by atoms with Gasteiger partial charge in [-0.3, -0.25) is 9.59 Å². The Bertz CT molecular complexity index is 337. The van der Waals surface area contributed by atoms with Crippen LogP contribution in [0.2, 0.25) is 0 Å². The van der Waals surface area contributed by atoms with Gasteiger partial charge in [0.2, 0.25) is 0 Å². The maximum atomic E-state index is 12.4. The van der Waals surface area contributed by atoms with Gasteiger partial charge in [0, 0.05) is 0 Å². The Morgan fingerprint density at radius 2 is 1.30 bits per heavy atom. The fourth-order valence-electron chi connectivity index (χ4n) is 4.53. The number of thiol groups is 1. The molecule has 0 bridgehead atoms. The van der Waals surface area contributed by atoms with E-state index in [2.05, 4.69) is 12.6 Å². The predicted molar refractivity (Wildman–Crippen MR) is 81.8 cm³/mol. The van der Waals surface area contributed by atoms with Gasteiger partial charge in [0.15, 0.2) is 5.12 Å². The van der Waals surface area contributed by atoms with E-state index < -0.39 is 11.4 Å². The van der Waals surface area contributed by atoms with Gasteiger partial charge in [0.1, 0.15) is 0 Å². The van der Waals surface area contributed by atoms with Gasteiger partial charge in [0.25, 0.3) is 0 Å². The molecule has 2 aliphatic carbocycles. The van der Waals surface area contributed by atoms with E-state index >= 15 is 0 Å². The van der Waals surface area contributed by atoms with E-state index in [-0.39, 0.29) is 23.4 Å². The third-order valence-corrected chi connectivity index (χ3v) is 5.93. The SMILES string of the molecule is O=C(O)CC(C(=O)S)(C1CCCCC1)C1CCCCC1. The van der Waals surface area contributed by atoms with E-state index in [0.717, 1.165) is 51.4 Å². The second kappa shape index (κ2) is 6.97. The van der Waals surface area contributed by atoms with Crippen molar-refractivity contribution in [1.82, 2.24) is 0 Å². The predicted octanol–water partition coefficient (Wildman–Crippen LogP) is 4.06. The Morgan fingerprint density at radius 1 is 0.900 bits per heavy atom. The van der Waals surface area contributed by atoms with Gasteiger partial charge in [-0.15, -0.1) is 12.6 Å². The largest absolute Gasteiger partial charge is 0.481 e. The first-order chi connectivity index (χ1) is 9.57. The number of carbonyl (C=O) groups is 2. The van der Waals surface area contributed by atoms with Gasteiger partial charge in [0.05, 0.1) is 11.8 Å². The highest BCUT2D eigenvalue weighted by atomic mass is 32.1. The molecule has 0 saturated heterocycles. The summed E-state index contributed by atoms with van der Waals surface area (Å²) >= 11 is 4.17. The lowest BCUT2D eigenvalue weighted by Gasteiger charge is -2.46. The number of rotatable bonds is 5. The lowest BCUT2D eigenvalue weighted by atomic mass is 9.58. The molecule has 0 amide bonds. The summed E-state index contributed by atoms with van der Waals surface area (Å²) < 4.78 is 0. The first kappa shape index (κ1) is 15.9. The molecule has 114 valence electrons. The number of carboxylic acids is 1. The van der Waals surface area contributed by atoms with Crippen LogP contribution in [0.15, 0.2) is 0 Å². The molecule has 0 spiro atoms. The van der Waals surface area contributed by atoms with Crippen LogP contribution in [0.4, 0.5) is 0 Å². The number of hydrogen-bond donors (Lipinski definition) is 2. The van der Waals surface area contributed by atoms with Crippen molar-refractivity contribution in [1.29, 1.82) is 0 Å². The van der Waals surface area contributed by atoms with Crippen LogP contribution in [0.1, 0.15) is 70.6 Å². The molecule has 0 heterocycles. The quantitative estimate of drug-likeness (QED) is 0.752. The molecular formula is C16H26O3S. The van der Waals surface area contributed by atoms with E-state index in [4.69, 9.17) is 0 Å². The fraction of sp³-hybridized carbons (Fsp3) is 0.875. The Balaban J connectivity index is 2.31. The van der Waals surface area contributed by atoms with E-state index in [1.165, 1.54) is 12.8 Å². The van der Waals surface area contributed by atoms with Crippen molar-refractivity contribution in [3.05, 3.63) is 0 Å². The van der Waals surface area contributed by atoms with Crippen LogP contribution in [0.5, 0.6) is 0 Å². The van der Waals surface area contributed by atoms with Crippen molar-refractivity contribution in [2.75, 3.05) is 0 Å². The molecule has 0 unspecified atom stereocenters. The highest BCUT2D eigenvalue weighted by Gasteiger charge is 2.51. The van der Waals surface area contributed by atoms with Gasteiger partial charge < -0.3 is 5.11 Å². The second-order valence-corrected chi connectivity index (χ2v) is 6.99. The van der Waals surface area contributed by atoms with Crippen LogP contribution < -0.4 is 0 Å². The zero-order chi connectivity index (χ0) is 14.6. The van der Waals surface area contributed by atoms with Crippen LogP contribution in [0.3, 0.4) is 0 Å². The lowest BCUT2D eigenvalue weighted by Crippen LogP contribution is -2.46. The van der Waals surface area contributed by atoms with Gasteiger partial charge in [-0.1, -0.05) is 38.5 Å². The molecule has 2 fully saturated rings. The number of aliphatic carboxylic acids is 1. The van der Waals surface area contributed by atoms with Gasteiger partial charge in [-0.25, -0.2) is 0 Å². The van der Waals surface area contributed by atoms with Crippen molar-refractivity contribution < 1.29 is 14.7 Å². The number of hydrogen-bond acceptors (Lipinski definition) is 2. The summed E-state index contributed by atoms with van der Waals surface area (Å²) in [5.74, 6) is -0.399. The molecule has 0 radical (unpaired) electrons. The molecule has 0 aromatic rings. The zero-order valence-electron chi connectivity index (χ0n) is 12.1. The Kier molecular flexibility index (Phi) is 5.53. The molecule has 3 nitrogen and oxygen atoms in total. The van der Waals surface area contributed by atoms with Crippen LogP contribution >= 0.6 is 12.6 Å². The molecule has 2 aliphatic rings. The van der Waals surface area contributed by atoms with Crippen molar-refractivity contribution in [3.8, 4) is 0 Å². The van der Waals surface area contributed by atoms with Crippen molar-refractivity contribution in [2.24, 2.45) is 17.3 Å². The summed E-state index contributed by atoms with van der Waals surface area (Å²) in [4.78, 5) is 23.8. The Labute approximate surface area is 126 Å². The standard InChI is InChI=1S/C16H26O3S/c17-14(18)11-16(15(19)20,12-7-3-1-4-8-12)13-9-5-2-6-10-13/h12-13H,1-11H2,(H,17,18)(H,19,20). The minimum atomic E-state index is -0.844. The lowest BCUT2D eigenvalue weighted by molar-refractivity contribution is -0.148. The first-order valence-electron chi connectivity index (χ1n) is 8.02.